The molecule has 90 valence electrons. The smallest absolute Gasteiger partial charge is 0.0488 e. The summed E-state index contributed by atoms with van der Waals surface area (Å²) in [4.78, 5) is 3.53. The summed E-state index contributed by atoms with van der Waals surface area (Å²) >= 11 is 0. The Balaban J connectivity index is 2.19. The Morgan fingerprint density at radius 2 is 1.50 bits per heavy atom. The number of aryl methyl sites for hydroxylation is 3. The quantitative estimate of drug-likeness (QED) is 0.626. The Bertz CT molecular complexity index is 702. The van der Waals surface area contributed by atoms with E-state index in [2.05, 4.69) is 68.2 Å². The van der Waals surface area contributed by atoms with Crippen molar-refractivity contribution in [2.24, 2.45) is 0 Å². The van der Waals surface area contributed by atoms with E-state index in [4.69, 9.17) is 0 Å². The molecule has 2 aromatic carbocycles. The summed E-state index contributed by atoms with van der Waals surface area (Å²) in [6.07, 6.45) is 0. The van der Waals surface area contributed by atoms with Crippen LogP contribution >= 0.6 is 0 Å². The topological polar surface area (TPSA) is 15.8 Å². The number of rotatable bonds is 1. The van der Waals surface area contributed by atoms with Crippen molar-refractivity contribution in [3.63, 3.8) is 0 Å². The molecule has 0 atom stereocenters. The molecule has 0 amide bonds. The van der Waals surface area contributed by atoms with E-state index < -0.39 is 0 Å². The Morgan fingerprint density at radius 1 is 0.778 bits per heavy atom. The molecular formula is C17H17N. The van der Waals surface area contributed by atoms with Crippen molar-refractivity contribution >= 4 is 10.9 Å². The van der Waals surface area contributed by atoms with Crippen LogP contribution in [0.2, 0.25) is 0 Å². The van der Waals surface area contributed by atoms with Crippen molar-refractivity contribution < 1.29 is 0 Å². The average Bonchev–Trinajstić information content (AvgIpc) is 2.74. The Morgan fingerprint density at radius 3 is 2.22 bits per heavy atom. The minimum atomic E-state index is 1.19. The van der Waals surface area contributed by atoms with Crippen LogP contribution in [-0.2, 0) is 0 Å². The largest absolute Gasteiger partial charge is 0.354 e. The lowest BCUT2D eigenvalue weighted by Crippen LogP contribution is -1.80. The van der Waals surface area contributed by atoms with Crippen molar-refractivity contribution in [3.05, 3.63) is 59.2 Å². The summed E-state index contributed by atoms with van der Waals surface area (Å²) in [6, 6.07) is 15.3. The molecule has 0 saturated carbocycles. The number of fused-ring (bicyclic) bond motifs is 1. The maximum absolute atomic E-state index is 3.53. The fraction of sp³-hybridized carbons (Fsp3) is 0.176. The predicted octanol–water partition coefficient (Wildman–Crippen LogP) is 4.76. The van der Waals surface area contributed by atoms with Gasteiger partial charge in [-0.3, -0.25) is 0 Å². The number of hydrogen-bond donors (Lipinski definition) is 1. The molecule has 0 radical (unpaired) electrons. The number of aromatic nitrogens is 1. The first-order valence-electron chi connectivity index (χ1n) is 6.30. The van der Waals surface area contributed by atoms with Gasteiger partial charge in [0.05, 0.1) is 0 Å². The molecule has 0 unspecified atom stereocenters. The minimum absolute atomic E-state index is 1.19. The highest BCUT2D eigenvalue weighted by atomic mass is 14.7. The number of H-pyrrole nitrogens is 1. The van der Waals surface area contributed by atoms with E-state index in [1.165, 1.54) is 38.9 Å². The van der Waals surface area contributed by atoms with Gasteiger partial charge in [-0.2, -0.15) is 0 Å². The molecule has 3 aromatic rings. The first-order chi connectivity index (χ1) is 8.63. The highest BCUT2D eigenvalue weighted by molar-refractivity contribution is 5.88. The molecule has 0 aliphatic heterocycles. The van der Waals surface area contributed by atoms with Gasteiger partial charge in [0.1, 0.15) is 0 Å². The van der Waals surface area contributed by atoms with Gasteiger partial charge < -0.3 is 4.98 Å². The molecule has 0 aliphatic carbocycles. The Labute approximate surface area is 107 Å². The van der Waals surface area contributed by atoms with Crippen LogP contribution in [0.25, 0.3) is 22.2 Å². The normalized spacial score (nSPS) is 11.1. The average molecular weight is 235 g/mol. The molecule has 18 heavy (non-hydrogen) atoms. The van der Waals surface area contributed by atoms with Crippen molar-refractivity contribution in [2.45, 2.75) is 20.8 Å². The maximum atomic E-state index is 3.53. The van der Waals surface area contributed by atoms with Crippen LogP contribution < -0.4 is 0 Å². The lowest BCUT2D eigenvalue weighted by atomic mass is 10.1. The van der Waals surface area contributed by atoms with E-state index >= 15 is 0 Å². The van der Waals surface area contributed by atoms with Gasteiger partial charge in [-0.1, -0.05) is 41.5 Å². The van der Waals surface area contributed by atoms with Gasteiger partial charge in [0.2, 0.25) is 0 Å². The van der Waals surface area contributed by atoms with E-state index in [0.29, 0.717) is 0 Å². The van der Waals surface area contributed by atoms with Gasteiger partial charge in [-0.05, 0) is 44.0 Å². The van der Waals surface area contributed by atoms with Crippen LogP contribution in [0.5, 0.6) is 0 Å². The molecule has 1 aromatic heterocycles. The molecule has 0 fully saturated rings. The highest BCUT2D eigenvalue weighted by Crippen LogP contribution is 2.27. The molecule has 1 heteroatoms. The minimum Gasteiger partial charge on any atom is -0.354 e. The van der Waals surface area contributed by atoms with Gasteiger partial charge in [0.15, 0.2) is 0 Å². The molecule has 0 saturated heterocycles. The van der Waals surface area contributed by atoms with Crippen molar-refractivity contribution in [1.82, 2.24) is 4.98 Å². The third-order valence-electron chi connectivity index (χ3n) is 3.43. The summed E-state index contributed by atoms with van der Waals surface area (Å²) < 4.78 is 0. The van der Waals surface area contributed by atoms with E-state index in [1.807, 2.05) is 0 Å². The van der Waals surface area contributed by atoms with Crippen LogP contribution in [0, 0.1) is 20.8 Å². The van der Waals surface area contributed by atoms with Crippen LogP contribution in [0.15, 0.2) is 42.5 Å². The third kappa shape index (κ3) is 1.82. The molecule has 0 spiro atoms. The highest BCUT2D eigenvalue weighted by Gasteiger charge is 2.05. The second-order valence-corrected chi connectivity index (χ2v) is 5.10. The summed E-state index contributed by atoms with van der Waals surface area (Å²) in [5.41, 5.74) is 7.60. The molecular weight excluding hydrogens is 218 g/mol. The first kappa shape index (κ1) is 11.1. The van der Waals surface area contributed by atoms with Crippen molar-refractivity contribution in [3.8, 4) is 11.3 Å². The first-order valence-corrected chi connectivity index (χ1v) is 6.30. The molecule has 1 N–H and O–H groups in total. The van der Waals surface area contributed by atoms with Crippen molar-refractivity contribution in [1.29, 1.82) is 0 Å². The number of nitrogens with one attached hydrogen (secondary N) is 1. The van der Waals surface area contributed by atoms with E-state index in [9.17, 15) is 0 Å². The van der Waals surface area contributed by atoms with Crippen molar-refractivity contribution in [2.75, 3.05) is 0 Å². The fourth-order valence-corrected chi connectivity index (χ4v) is 2.50. The van der Waals surface area contributed by atoms with Crippen LogP contribution in [0.4, 0.5) is 0 Å². The fourth-order valence-electron chi connectivity index (χ4n) is 2.50. The Kier molecular flexibility index (Phi) is 2.48. The van der Waals surface area contributed by atoms with Crippen LogP contribution in [-0.4, -0.2) is 4.98 Å². The molecule has 3 rings (SSSR count). The number of aromatic amines is 1. The number of benzene rings is 2. The van der Waals surface area contributed by atoms with E-state index in [1.54, 1.807) is 0 Å². The second kappa shape index (κ2) is 4.02. The third-order valence-corrected chi connectivity index (χ3v) is 3.43. The standard InChI is InChI=1S/C17H17N/c1-11-4-6-14(7-5-11)16-10-15-9-12(2)8-13(3)17(15)18-16/h4-10,18H,1-3H3. The molecule has 0 aliphatic rings. The summed E-state index contributed by atoms with van der Waals surface area (Å²) in [6.45, 7) is 6.41. The van der Waals surface area contributed by atoms with Crippen LogP contribution in [0.3, 0.4) is 0 Å². The zero-order chi connectivity index (χ0) is 12.7. The van der Waals surface area contributed by atoms with E-state index in [0.717, 1.165) is 0 Å². The molecule has 1 nitrogen and oxygen atoms in total. The lowest BCUT2D eigenvalue weighted by Gasteiger charge is -1.99. The van der Waals surface area contributed by atoms with Gasteiger partial charge in [-0.25, -0.2) is 0 Å². The lowest BCUT2D eigenvalue weighted by molar-refractivity contribution is 1.37. The Hall–Kier alpha value is -2.02. The summed E-state index contributed by atoms with van der Waals surface area (Å²) in [5.74, 6) is 0. The zero-order valence-electron chi connectivity index (χ0n) is 11.0. The van der Waals surface area contributed by atoms with Gasteiger partial charge >= 0.3 is 0 Å². The van der Waals surface area contributed by atoms with E-state index in [-0.39, 0.29) is 0 Å². The van der Waals surface area contributed by atoms with Gasteiger partial charge in [-0.15, -0.1) is 0 Å². The number of hydrogen-bond acceptors (Lipinski definition) is 0. The predicted molar refractivity (Wildman–Crippen MR) is 77.9 cm³/mol. The molecule has 0 bridgehead atoms. The van der Waals surface area contributed by atoms with Gasteiger partial charge in [0.25, 0.3) is 0 Å². The molecule has 1 heterocycles. The SMILES string of the molecule is Cc1ccc(-c2cc3cc(C)cc(C)c3[nH]2)cc1. The maximum Gasteiger partial charge on any atom is 0.0488 e. The second-order valence-electron chi connectivity index (χ2n) is 5.10. The summed E-state index contributed by atoms with van der Waals surface area (Å²) in [5, 5.41) is 1.29. The van der Waals surface area contributed by atoms with Crippen LogP contribution in [0.1, 0.15) is 16.7 Å². The zero-order valence-corrected chi connectivity index (χ0v) is 11.0. The monoisotopic (exact) mass is 235 g/mol. The van der Waals surface area contributed by atoms with Gasteiger partial charge in [0, 0.05) is 16.6 Å². The summed E-state index contributed by atoms with van der Waals surface area (Å²) in [7, 11) is 0.